The molecule has 124 valence electrons. The van der Waals surface area contributed by atoms with Crippen molar-refractivity contribution in [2.75, 3.05) is 5.32 Å². The molecule has 0 spiro atoms. The van der Waals surface area contributed by atoms with Crippen LogP contribution in [0.3, 0.4) is 0 Å². The number of rotatable bonds is 2. The molecule has 0 radical (unpaired) electrons. The lowest BCUT2D eigenvalue weighted by Crippen LogP contribution is -2.56. The maximum absolute atomic E-state index is 12.6. The van der Waals surface area contributed by atoms with E-state index in [0.717, 1.165) is 28.3 Å². The molecule has 4 fully saturated rings. The van der Waals surface area contributed by atoms with E-state index in [4.69, 9.17) is 0 Å². The predicted molar refractivity (Wildman–Crippen MR) is 96.9 cm³/mol. The summed E-state index contributed by atoms with van der Waals surface area (Å²) in [6.45, 7) is 0. The third-order valence-corrected chi connectivity index (χ3v) is 6.56. The molecule has 0 aliphatic heterocycles. The highest BCUT2D eigenvalue weighted by Gasteiger charge is 2.48. The average Bonchev–Trinajstić information content (AvgIpc) is 2.58. The Bertz CT molecular complexity index is 751. The van der Waals surface area contributed by atoms with Crippen molar-refractivity contribution in [2.45, 2.75) is 38.1 Å². The second-order valence-corrected chi connectivity index (χ2v) is 8.08. The molecule has 0 atom stereocenters. The Morgan fingerprint density at radius 2 is 1.50 bits per heavy atom. The van der Waals surface area contributed by atoms with Crippen molar-refractivity contribution >= 4 is 22.5 Å². The second-order valence-electron chi connectivity index (χ2n) is 8.08. The van der Waals surface area contributed by atoms with Gasteiger partial charge in [0.05, 0.1) is 5.69 Å². The average molecular weight is 320 g/mol. The first-order chi connectivity index (χ1) is 11.8. The van der Waals surface area contributed by atoms with Gasteiger partial charge in [0, 0.05) is 11.4 Å². The third kappa shape index (κ3) is 2.38. The van der Waals surface area contributed by atoms with Crippen LogP contribution in [0.1, 0.15) is 32.1 Å². The van der Waals surface area contributed by atoms with Crippen LogP contribution in [0.2, 0.25) is 0 Å². The Labute approximate surface area is 142 Å². The molecule has 0 heterocycles. The van der Waals surface area contributed by atoms with Crippen molar-refractivity contribution in [3.05, 3.63) is 42.5 Å². The van der Waals surface area contributed by atoms with E-state index in [9.17, 15) is 4.79 Å². The van der Waals surface area contributed by atoms with Gasteiger partial charge in [0.2, 0.25) is 0 Å². The van der Waals surface area contributed by atoms with Crippen molar-refractivity contribution in [3.63, 3.8) is 0 Å². The molecule has 2 amide bonds. The molecule has 3 heteroatoms. The number of amides is 2. The van der Waals surface area contributed by atoms with E-state index in [1.165, 1.54) is 32.1 Å². The minimum atomic E-state index is -0.0381. The maximum Gasteiger partial charge on any atom is 0.319 e. The smallest absolute Gasteiger partial charge is 0.319 e. The standard InChI is InChI=1S/C21H24N2O/c24-21(22-19-7-3-5-15-4-1-2-6-18(15)19)23-20-16-9-13-8-14(11-16)12-17(20)10-13/h1-7,13-14,16-17,20H,8-12H2,(H2,22,23,24). The summed E-state index contributed by atoms with van der Waals surface area (Å²) in [6, 6.07) is 14.6. The normalized spacial score (nSPS) is 33.6. The summed E-state index contributed by atoms with van der Waals surface area (Å²) >= 11 is 0. The lowest BCUT2D eigenvalue weighted by molar-refractivity contribution is -0.00883. The van der Waals surface area contributed by atoms with Crippen LogP contribution >= 0.6 is 0 Å². The van der Waals surface area contributed by atoms with Gasteiger partial charge in [0.25, 0.3) is 0 Å². The zero-order valence-corrected chi connectivity index (χ0v) is 13.9. The van der Waals surface area contributed by atoms with E-state index in [0.29, 0.717) is 17.9 Å². The number of hydrogen-bond acceptors (Lipinski definition) is 1. The number of urea groups is 1. The molecule has 2 N–H and O–H groups in total. The fourth-order valence-corrected chi connectivity index (χ4v) is 5.81. The topological polar surface area (TPSA) is 41.1 Å². The lowest BCUT2D eigenvalue weighted by Gasteiger charge is -2.54. The summed E-state index contributed by atoms with van der Waals surface area (Å²) in [5, 5.41) is 8.67. The molecule has 4 saturated carbocycles. The molecule has 4 aliphatic rings. The van der Waals surface area contributed by atoms with Crippen LogP contribution in [0, 0.1) is 23.7 Å². The maximum atomic E-state index is 12.6. The largest absolute Gasteiger partial charge is 0.335 e. The highest BCUT2D eigenvalue weighted by atomic mass is 16.2. The number of hydrogen-bond donors (Lipinski definition) is 2. The first-order valence-electron chi connectivity index (χ1n) is 9.31. The molecule has 2 aromatic carbocycles. The van der Waals surface area contributed by atoms with Crippen LogP contribution in [0.15, 0.2) is 42.5 Å². The number of benzene rings is 2. The molecule has 0 saturated heterocycles. The number of anilines is 1. The molecule has 4 bridgehead atoms. The zero-order valence-electron chi connectivity index (χ0n) is 13.9. The minimum Gasteiger partial charge on any atom is -0.335 e. The number of nitrogens with one attached hydrogen (secondary N) is 2. The number of carbonyl (C=O) groups is 1. The molecule has 2 aromatic rings. The number of fused-ring (bicyclic) bond motifs is 1. The van der Waals surface area contributed by atoms with Crippen molar-refractivity contribution in [3.8, 4) is 0 Å². The third-order valence-electron chi connectivity index (χ3n) is 6.56. The van der Waals surface area contributed by atoms with E-state index in [-0.39, 0.29) is 6.03 Å². The molecule has 3 nitrogen and oxygen atoms in total. The molecule has 4 aliphatic carbocycles. The Kier molecular flexibility index (Phi) is 3.29. The summed E-state index contributed by atoms with van der Waals surface area (Å²) in [5.74, 6) is 3.29. The van der Waals surface area contributed by atoms with Gasteiger partial charge in [-0.2, -0.15) is 0 Å². The fourth-order valence-electron chi connectivity index (χ4n) is 5.81. The van der Waals surface area contributed by atoms with E-state index >= 15 is 0 Å². The van der Waals surface area contributed by atoms with Gasteiger partial charge in [0.15, 0.2) is 0 Å². The molecule has 6 rings (SSSR count). The summed E-state index contributed by atoms with van der Waals surface area (Å²) < 4.78 is 0. The van der Waals surface area contributed by atoms with Gasteiger partial charge in [0.1, 0.15) is 0 Å². The Hall–Kier alpha value is -2.03. The fraction of sp³-hybridized carbons (Fsp3) is 0.476. The first-order valence-corrected chi connectivity index (χ1v) is 9.31. The van der Waals surface area contributed by atoms with Gasteiger partial charge < -0.3 is 10.6 Å². The van der Waals surface area contributed by atoms with Gasteiger partial charge in [-0.15, -0.1) is 0 Å². The highest BCUT2D eigenvalue weighted by Crippen LogP contribution is 2.53. The number of carbonyl (C=O) groups excluding carboxylic acids is 1. The molecule has 0 unspecified atom stereocenters. The van der Waals surface area contributed by atoms with Crippen molar-refractivity contribution in [1.82, 2.24) is 5.32 Å². The summed E-state index contributed by atoms with van der Waals surface area (Å²) in [7, 11) is 0. The van der Waals surface area contributed by atoms with Gasteiger partial charge in [-0.25, -0.2) is 4.79 Å². The van der Waals surface area contributed by atoms with Crippen LogP contribution in [-0.4, -0.2) is 12.1 Å². The van der Waals surface area contributed by atoms with Gasteiger partial charge in [-0.3, -0.25) is 0 Å². The van der Waals surface area contributed by atoms with Crippen LogP contribution in [0.4, 0.5) is 10.5 Å². The SMILES string of the molecule is O=C(Nc1cccc2ccccc12)NC1C2CC3CC(C2)CC1C3. The van der Waals surface area contributed by atoms with Crippen molar-refractivity contribution in [1.29, 1.82) is 0 Å². The van der Waals surface area contributed by atoms with Crippen LogP contribution in [0.25, 0.3) is 10.8 Å². The summed E-state index contributed by atoms with van der Waals surface area (Å²) in [6.07, 6.45) is 6.75. The van der Waals surface area contributed by atoms with Crippen LogP contribution < -0.4 is 10.6 Å². The predicted octanol–water partition coefficient (Wildman–Crippen LogP) is 4.79. The van der Waals surface area contributed by atoms with Gasteiger partial charge >= 0.3 is 6.03 Å². The van der Waals surface area contributed by atoms with E-state index in [1.807, 2.05) is 24.3 Å². The van der Waals surface area contributed by atoms with E-state index in [2.05, 4.69) is 28.8 Å². The Morgan fingerprint density at radius 1 is 0.833 bits per heavy atom. The van der Waals surface area contributed by atoms with E-state index < -0.39 is 0 Å². The Morgan fingerprint density at radius 3 is 2.25 bits per heavy atom. The second kappa shape index (κ2) is 5.51. The lowest BCUT2D eigenvalue weighted by atomic mass is 9.54. The van der Waals surface area contributed by atoms with E-state index in [1.54, 1.807) is 0 Å². The monoisotopic (exact) mass is 320 g/mol. The Balaban J connectivity index is 1.32. The van der Waals surface area contributed by atoms with Gasteiger partial charge in [-0.1, -0.05) is 36.4 Å². The van der Waals surface area contributed by atoms with Crippen molar-refractivity contribution < 1.29 is 4.79 Å². The quantitative estimate of drug-likeness (QED) is 0.821. The molecular formula is C21H24N2O. The summed E-state index contributed by atoms with van der Waals surface area (Å²) in [4.78, 5) is 12.6. The summed E-state index contributed by atoms with van der Waals surface area (Å²) in [5.41, 5.74) is 0.898. The minimum absolute atomic E-state index is 0.0381. The molecular weight excluding hydrogens is 296 g/mol. The van der Waals surface area contributed by atoms with Gasteiger partial charge in [-0.05, 0) is 67.2 Å². The first kappa shape index (κ1) is 14.3. The molecule has 0 aromatic heterocycles. The molecule has 24 heavy (non-hydrogen) atoms. The van der Waals surface area contributed by atoms with Crippen LogP contribution in [-0.2, 0) is 0 Å². The van der Waals surface area contributed by atoms with Crippen molar-refractivity contribution in [2.24, 2.45) is 23.7 Å². The van der Waals surface area contributed by atoms with Crippen LogP contribution in [0.5, 0.6) is 0 Å². The highest BCUT2D eigenvalue weighted by molar-refractivity contribution is 6.01. The zero-order chi connectivity index (χ0) is 16.1.